The number of halogens is 1. The number of rotatable bonds is 3. The maximum Gasteiger partial charge on any atom is 0.265 e. The third-order valence-electron chi connectivity index (χ3n) is 3.34. The van der Waals surface area contributed by atoms with E-state index in [0.717, 1.165) is 35.4 Å². The summed E-state index contributed by atoms with van der Waals surface area (Å²) in [7, 11) is 0. The molecule has 2 aromatic rings. The number of nitrogens with one attached hydrogen (secondary N) is 2. The third kappa shape index (κ3) is 3.11. The first-order chi connectivity index (χ1) is 9.72. The molecular weight excluding hydrogens is 340 g/mol. The number of hydrogen-bond acceptors (Lipinski definition) is 4. The zero-order chi connectivity index (χ0) is 13.9. The summed E-state index contributed by atoms with van der Waals surface area (Å²) in [6, 6.07) is 4.11. The van der Waals surface area contributed by atoms with Gasteiger partial charge in [-0.1, -0.05) is 0 Å². The third-order valence-corrected chi connectivity index (χ3v) is 4.96. The fraction of sp³-hybridized carbons (Fsp3) is 0.385. The standard InChI is InChI=1S/C13H15BrN4OS/c14-12-2-1-11(20-12)13(19)17-9-7-16-18(8-9)10-3-5-15-6-4-10/h1-2,7-8,10,15H,3-6H2,(H,17,19). The van der Waals surface area contributed by atoms with E-state index < -0.39 is 0 Å². The Balaban J connectivity index is 1.66. The monoisotopic (exact) mass is 354 g/mol. The van der Waals surface area contributed by atoms with E-state index >= 15 is 0 Å². The molecule has 1 amide bonds. The number of hydrogen-bond donors (Lipinski definition) is 2. The van der Waals surface area contributed by atoms with Gasteiger partial charge in [0.05, 0.1) is 26.6 Å². The van der Waals surface area contributed by atoms with Crippen molar-refractivity contribution in [1.82, 2.24) is 15.1 Å². The molecule has 1 aliphatic heterocycles. The Morgan fingerprint density at radius 2 is 2.25 bits per heavy atom. The van der Waals surface area contributed by atoms with E-state index in [-0.39, 0.29) is 5.91 Å². The van der Waals surface area contributed by atoms with Gasteiger partial charge in [0, 0.05) is 6.20 Å². The van der Waals surface area contributed by atoms with Crippen molar-refractivity contribution in [2.24, 2.45) is 0 Å². The molecule has 0 bridgehead atoms. The molecule has 2 N–H and O–H groups in total. The topological polar surface area (TPSA) is 59.0 Å². The van der Waals surface area contributed by atoms with E-state index in [9.17, 15) is 4.79 Å². The maximum atomic E-state index is 12.0. The summed E-state index contributed by atoms with van der Waals surface area (Å²) >= 11 is 4.78. The van der Waals surface area contributed by atoms with E-state index in [1.165, 1.54) is 11.3 Å². The van der Waals surface area contributed by atoms with Gasteiger partial charge in [0.25, 0.3) is 5.91 Å². The summed E-state index contributed by atoms with van der Waals surface area (Å²) in [6.07, 6.45) is 5.78. The molecule has 1 fully saturated rings. The van der Waals surface area contributed by atoms with Crippen LogP contribution in [0.3, 0.4) is 0 Å². The molecule has 106 valence electrons. The van der Waals surface area contributed by atoms with Crippen molar-refractivity contribution in [3.8, 4) is 0 Å². The molecule has 0 spiro atoms. The number of carbonyl (C=O) groups is 1. The highest BCUT2D eigenvalue weighted by Gasteiger charge is 2.16. The molecule has 20 heavy (non-hydrogen) atoms. The van der Waals surface area contributed by atoms with Crippen LogP contribution in [0.2, 0.25) is 0 Å². The van der Waals surface area contributed by atoms with Gasteiger partial charge in [-0.15, -0.1) is 11.3 Å². The van der Waals surface area contributed by atoms with Crippen molar-refractivity contribution in [2.45, 2.75) is 18.9 Å². The number of aromatic nitrogens is 2. The number of nitrogens with zero attached hydrogens (tertiary/aromatic N) is 2. The Labute approximate surface area is 129 Å². The summed E-state index contributed by atoms with van der Waals surface area (Å²) in [5.41, 5.74) is 0.748. The first kappa shape index (κ1) is 13.8. The summed E-state index contributed by atoms with van der Waals surface area (Å²) in [4.78, 5) is 12.7. The lowest BCUT2D eigenvalue weighted by Gasteiger charge is -2.22. The van der Waals surface area contributed by atoms with Crippen LogP contribution in [0.5, 0.6) is 0 Å². The van der Waals surface area contributed by atoms with Crippen LogP contribution in [-0.4, -0.2) is 28.8 Å². The van der Waals surface area contributed by atoms with Gasteiger partial charge in [-0.3, -0.25) is 9.48 Å². The molecule has 0 radical (unpaired) electrons. The van der Waals surface area contributed by atoms with E-state index in [1.807, 2.05) is 16.9 Å². The second-order valence-electron chi connectivity index (χ2n) is 4.75. The zero-order valence-corrected chi connectivity index (χ0v) is 13.2. The van der Waals surface area contributed by atoms with E-state index in [1.54, 1.807) is 12.3 Å². The molecule has 0 atom stereocenters. The first-order valence-corrected chi connectivity index (χ1v) is 8.15. The minimum atomic E-state index is -0.0921. The second-order valence-corrected chi connectivity index (χ2v) is 7.21. The predicted octanol–water partition coefficient (Wildman–Crippen LogP) is 2.88. The van der Waals surface area contributed by atoms with Gasteiger partial charge in [0.2, 0.25) is 0 Å². The minimum absolute atomic E-state index is 0.0921. The molecule has 0 saturated carbocycles. The average Bonchev–Trinajstić information content (AvgIpc) is 3.09. The van der Waals surface area contributed by atoms with Crippen LogP contribution < -0.4 is 10.6 Å². The molecule has 3 heterocycles. The lowest BCUT2D eigenvalue weighted by atomic mass is 10.1. The molecule has 3 rings (SSSR count). The van der Waals surface area contributed by atoms with Crippen molar-refractivity contribution in [3.63, 3.8) is 0 Å². The average molecular weight is 355 g/mol. The Hall–Kier alpha value is -1.18. The summed E-state index contributed by atoms with van der Waals surface area (Å²) in [5.74, 6) is -0.0921. The number of carbonyl (C=O) groups excluding carboxylic acids is 1. The van der Waals surface area contributed by atoms with Gasteiger partial charge in [0.1, 0.15) is 0 Å². The van der Waals surface area contributed by atoms with Crippen LogP contribution in [0.1, 0.15) is 28.6 Å². The molecule has 1 saturated heterocycles. The smallest absolute Gasteiger partial charge is 0.265 e. The molecule has 7 heteroatoms. The largest absolute Gasteiger partial charge is 0.319 e. The summed E-state index contributed by atoms with van der Waals surface area (Å²) < 4.78 is 2.91. The summed E-state index contributed by atoms with van der Waals surface area (Å²) in [5, 5.41) is 10.6. The van der Waals surface area contributed by atoms with Crippen molar-refractivity contribution in [2.75, 3.05) is 18.4 Å². The number of piperidine rings is 1. The molecular formula is C13H15BrN4OS. The van der Waals surface area contributed by atoms with Gasteiger partial charge in [-0.25, -0.2) is 0 Å². The molecule has 1 aliphatic rings. The molecule has 0 aliphatic carbocycles. The van der Waals surface area contributed by atoms with Gasteiger partial charge < -0.3 is 10.6 Å². The highest BCUT2D eigenvalue weighted by molar-refractivity contribution is 9.11. The highest BCUT2D eigenvalue weighted by atomic mass is 79.9. The van der Waals surface area contributed by atoms with Crippen LogP contribution in [0.4, 0.5) is 5.69 Å². The lowest BCUT2D eigenvalue weighted by molar-refractivity contribution is 0.103. The van der Waals surface area contributed by atoms with Crippen molar-refractivity contribution < 1.29 is 4.79 Å². The molecule has 5 nitrogen and oxygen atoms in total. The van der Waals surface area contributed by atoms with Crippen molar-refractivity contribution >= 4 is 38.9 Å². The van der Waals surface area contributed by atoms with Crippen LogP contribution in [0.25, 0.3) is 0 Å². The SMILES string of the molecule is O=C(Nc1cnn(C2CCNCC2)c1)c1ccc(Br)s1. The normalized spacial score (nSPS) is 16.2. The van der Waals surface area contributed by atoms with E-state index in [0.29, 0.717) is 10.9 Å². The molecule has 0 unspecified atom stereocenters. The van der Waals surface area contributed by atoms with Crippen LogP contribution >= 0.6 is 27.3 Å². The van der Waals surface area contributed by atoms with Gasteiger partial charge in [-0.2, -0.15) is 5.10 Å². The van der Waals surface area contributed by atoms with Crippen LogP contribution in [-0.2, 0) is 0 Å². The van der Waals surface area contributed by atoms with Gasteiger partial charge >= 0.3 is 0 Å². The summed E-state index contributed by atoms with van der Waals surface area (Å²) in [6.45, 7) is 2.05. The Morgan fingerprint density at radius 3 is 2.95 bits per heavy atom. The fourth-order valence-corrected chi connectivity index (χ4v) is 3.58. The first-order valence-electron chi connectivity index (χ1n) is 6.54. The Kier molecular flexibility index (Phi) is 4.18. The molecule has 2 aromatic heterocycles. The number of amides is 1. The Bertz CT molecular complexity index is 603. The maximum absolute atomic E-state index is 12.0. The van der Waals surface area contributed by atoms with Crippen molar-refractivity contribution in [1.29, 1.82) is 0 Å². The Morgan fingerprint density at radius 1 is 1.45 bits per heavy atom. The van der Waals surface area contributed by atoms with Gasteiger partial charge in [0.15, 0.2) is 0 Å². The minimum Gasteiger partial charge on any atom is -0.319 e. The lowest BCUT2D eigenvalue weighted by Crippen LogP contribution is -2.29. The van der Waals surface area contributed by atoms with E-state index in [4.69, 9.17) is 0 Å². The van der Waals surface area contributed by atoms with Crippen LogP contribution in [0.15, 0.2) is 28.3 Å². The predicted molar refractivity (Wildman–Crippen MR) is 83.3 cm³/mol. The van der Waals surface area contributed by atoms with Crippen molar-refractivity contribution in [3.05, 3.63) is 33.2 Å². The quantitative estimate of drug-likeness (QED) is 0.890. The number of anilines is 1. The molecule has 0 aromatic carbocycles. The van der Waals surface area contributed by atoms with Crippen LogP contribution in [0, 0.1) is 0 Å². The fourth-order valence-electron chi connectivity index (χ4n) is 2.30. The number of thiophene rings is 1. The van der Waals surface area contributed by atoms with Gasteiger partial charge in [-0.05, 0) is 54.0 Å². The van der Waals surface area contributed by atoms with E-state index in [2.05, 4.69) is 31.7 Å². The highest BCUT2D eigenvalue weighted by Crippen LogP contribution is 2.24. The zero-order valence-electron chi connectivity index (χ0n) is 10.8. The second kappa shape index (κ2) is 6.07.